The van der Waals surface area contributed by atoms with Gasteiger partial charge in [-0.1, -0.05) is 23.2 Å². The maximum atomic E-state index is 11.7. The summed E-state index contributed by atoms with van der Waals surface area (Å²) in [5.74, 6) is -0.273. The van der Waals surface area contributed by atoms with E-state index in [0.717, 1.165) is 5.69 Å². The Kier molecular flexibility index (Phi) is 3.61. The highest BCUT2D eigenvalue weighted by Gasteiger charge is 2.08. The van der Waals surface area contributed by atoms with E-state index in [-0.39, 0.29) is 16.1 Å². The van der Waals surface area contributed by atoms with Crippen LogP contribution in [0.1, 0.15) is 16.1 Å². The SMILES string of the molecule is O=C(NCc1ccn[nH]1)c1cnc(Cl)c(Cl)c1. The van der Waals surface area contributed by atoms with Crippen molar-refractivity contribution in [2.45, 2.75) is 6.54 Å². The van der Waals surface area contributed by atoms with E-state index in [1.54, 1.807) is 12.3 Å². The van der Waals surface area contributed by atoms with Gasteiger partial charge >= 0.3 is 0 Å². The highest BCUT2D eigenvalue weighted by Crippen LogP contribution is 2.19. The topological polar surface area (TPSA) is 70.7 Å². The minimum Gasteiger partial charge on any atom is -0.346 e. The van der Waals surface area contributed by atoms with E-state index in [1.807, 2.05) is 0 Å². The van der Waals surface area contributed by atoms with Gasteiger partial charge in [-0.05, 0) is 12.1 Å². The molecule has 5 nitrogen and oxygen atoms in total. The van der Waals surface area contributed by atoms with Crippen LogP contribution >= 0.6 is 23.2 Å². The van der Waals surface area contributed by atoms with Crippen LogP contribution in [0.4, 0.5) is 0 Å². The number of aromatic nitrogens is 3. The van der Waals surface area contributed by atoms with Crippen LogP contribution in [0.2, 0.25) is 10.2 Å². The molecule has 0 saturated carbocycles. The second-order valence-electron chi connectivity index (χ2n) is 3.26. The van der Waals surface area contributed by atoms with Gasteiger partial charge in [0.15, 0.2) is 0 Å². The molecule has 88 valence electrons. The minimum absolute atomic E-state index is 0.178. The zero-order valence-corrected chi connectivity index (χ0v) is 10.1. The lowest BCUT2D eigenvalue weighted by Crippen LogP contribution is -2.23. The first-order valence-electron chi connectivity index (χ1n) is 4.74. The van der Waals surface area contributed by atoms with Crippen molar-refractivity contribution >= 4 is 29.1 Å². The molecule has 0 aliphatic rings. The lowest BCUT2D eigenvalue weighted by molar-refractivity contribution is 0.0950. The first-order chi connectivity index (χ1) is 8.16. The molecule has 0 aliphatic heterocycles. The summed E-state index contributed by atoms with van der Waals surface area (Å²) in [6.07, 6.45) is 2.98. The molecule has 0 atom stereocenters. The molecule has 2 N–H and O–H groups in total. The summed E-state index contributed by atoms with van der Waals surface area (Å²) in [7, 11) is 0. The van der Waals surface area contributed by atoms with E-state index >= 15 is 0 Å². The predicted molar refractivity (Wildman–Crippen MR) is 64.0 cm³/mol. The van der Waals surface area contributed by atoms with E-state index in [4.69, 9.17) is 23.2 Å². The number of rotatable bonds is 3. The Morgan fingerprint density at radius 2 is 2.29 bits per heavy atom. The van der Waals surface area contributed by atoms with Crippen molar-refractivity contribution in [1.29, 1.82) is 0 Å². The first kappa shape index (κ1) is 11.9. The first-order valence-corrected chi connectivity index (χ1v) is 5.50. The van der Waals surface area contributed by atoms with Gasteiger partial charge in [-0.2, -0.15) is 5.10 Å². The number of carbonyl (C=O) groups excluding carboxylic acids is 1. The van der Waals surface area contributed by atoms with E-state index < -0.39 is 0 Å². The maximum Gasteiger partial charge on any atom is 0.253 e. The lowest BCUT2D eigenvalue weighted by Gasteiger charge is -2.04. The van der Waals surface area contributed by atoms with Gasteiger partial charge in [-0.25, -0.2) is 4.98 Å². The largest absolute Gasteiger partial charge is 0.346 e. The molecule has 0 spiro atoms. The van der Waals surface area contributed by atoms with Crippen molar-refractivity contribution in [2.75, 3.05) is 0 Å². The van der Waals surface area contributed by atoms with E-state index in [9.17, 15) is 4.79 Å². The number of pyridine rings is 1. The number of amides is 1. The predicted octanol–water partition coefficient (Wildman–Crippen LogP) is 2.04. The van der Waals surface area contributed by atoms with Crippen LogP contribution in [-0.4, -0.2) is 21.1 Å². The number of H-pyrrole nitrogens is 1. The van der Waals surface area contributed by atoms with Crippen LogP contribution in [0.15, 0.2) is 24.5 Å². The summed E-state index contributed by atoms with van der Waals surface area (Å²) in [5, 5.41) is 9.63. The minimum atomic E-state index is -0.273. The number of hydrogen-bond acceptors (Lipinski definition) is 3. The van der Waals surface area contributed by atoms with Crippen molar-refractivity contribution in [3.63, 3.8) is 0 Å². The Morgan fingerprint density at radius 1 is 1.47 bits per heavy atom. The van der Waals surface area contributed by atoms with Crippen LogP contribution in [0.3, 0.4) is 0 Å². The normalized spacial score (nSPS) is 10.2. The molecule has 2 aromatic heterocycles. The van der Waals surface area contributed by atoms with Crippen LogP contribution in [0.5, 0.6) is 0 Å². The van der Waals surface area contributed by atoms with Crippen LogP contribution in [-0.2, 0) is 6.54 Å². The molecule has 1 amide bonds. The van der Waals surface area contributed by atoms with Crippen molar-refractivity contribution < 1.29 is 4.79 Å². The average molecular weight is 271 g/mol. The Bertz CT molecular complexity index is 527. The second kappa shape index (κ2) is 5.16. The molecule has 7 heteroatoms. The lowest BCUT2D eigenvalue weighted by atomic mass is 10.2. The van der Waals surface area contributed by atoms with E-state index in [1.165, 1.54) is 12.3 Å². The Labute approximate surface area is 107 Å². The quantitative estimate of drug-likeness (QED) is 0.839. The molecular formula is C10H8Cl2N4O. The summed E-state index contributed by atoms with van der Waals surface area (Å²) in [4.78, 5) is 15.5. The summed E-state index contributed by atoms with van der Waals surface area (Å²) >= 11 is 11.4. The van der Waals surface area contributed by atoms with Gasteiger partial charge in [0.2, 0.25) is 0 Å². The van der Waals surface area contributed by atoms with Gasteiger partial charge in [-0.15, -0.1) is 0 Å². The second-order valence-corrected chi connectivity index (χ2v) is 4.03. The maximum absolute atomic E-state index is 11.7. The van der Waals surface area contributed by atoms with Gasteiger partial charge in [0.1, 0.15) is 5.15 Å². The smallest absolute Gasteiger partial charge is 0.253 e. The Balaban J connectivity index is 2.02. The molecule has 0 radical (unpaired) electrons. The number of hydrogen-bond donors (Lipinski definition) is 2. The summed E-state index contributed by atoms with van der Waals surface area (Å²) < 4.78 is 0. The summed E-state index contributed by atoms with van der Waals surface area (Å²) in [5.41, 5.74) is 1.17. The van der Waals surface area contributed by atoms with Crippen LogP contribution in [0.25, 0.3) is 0 Å². The monoisotopic (exact) mass is 270 g/mol. The van der Waals surface area contributed by atoms with Gasteiger partial charge in [0.25, 0.3) is 5.91 Å². The number of aromatic amines is 1. The molecule has 0 bridgehead atoms. The zero-order chi connectivity index (χ0) is 12.3. The standard InChI is InChI=1S/C10H8Cl2N4O/c11-8-3-6(4-13-9(8)12)10(17)14-5-7-1-2-15-16-7/h1-4H,5H2,(H,14,17)(H,15,16). The van der Waals surface area contributed by atoms with Crippen LogP contribution in [0, 0.1) is 0 Å². The van der Waals surface area contributed by atoms with Gasteiger partial charge in [-0.3, -0.25) is 9.89 Å². The highest BCUT2D eigenvalue weighted by molar-refractivity contribution is 6.41. The number of nitrogens with one attached hydrogen (secondary N) is 2. The number of halogens is 2. The van der Waals surface area contributed by atoms with Crippen molar-refractivity contribution in [1.82, 2.24) is 20.5 Å². The van der Waals surface area contributed by atoms with Gasteiger partial charge in [0, 0.05) is 12.4 Å². The third kappa shape index (κ3) is 2.95. The zero-order valence-electron chi connectivity index (χ0n) is 8.58. The molecular weight excluding hydrogens is 263 g/mol. The summed E-state index contributed by atoms with van der Waals surface area (Å²) in [6, 6.07) is 3.24. The molecule has 0 aromatic carbocycles. The fourth-order valence-electron chi connectivity index (χ4n) is 1.21. The molecule has 0 saturated heterocycles. The molecule has 0 fully saturated rings. The van der Waals surface area contributed by atoms with Crippen molar-refractivity contribution in [3.05, 3.63) is 46.0 Å². The molecule has 0 aliphatic carbocycles. The summed E-state index contributed by atoms with van der Waals surface area (Å²) in [6.45, 7) is 0.360. The van der Waals surface area contributed by atoms with Crippen molar-refractivity contribution in [2.24, 2.45) is 0 Å². The molecule has 0 unspecified atom stereocenters. The third-order valence-electron chi connectivity index (χ3n) is 2.06. The third-order valence-corrected chi connectivity index (χ3v) is 2.74. The highest BCUT2D eigenvalue weighted by atomic mass is 35.5. The fourth-order valence-corrected chi connectivity index (χ4v) is 1.48. The molecule has 17 heavy (non-hydrogen) atoms. The van der Waals surface area contributed by atoms with Crippen molar-refractivity contribution in [3.8, 4) is 0 Å². The molecule has 2 rings (SSSR count). The van der Waals surface area contributed by atoms with Gasteiger partial charge < -0.3 is 5.32 Å². The Morgan fingerprint density at radius 3 is 2.94 bits per heavy atom. The molecule has 2 heterocycles. The molecule has 2 aromatic rings. The van der Waals surface area contributed by atoms with E-state index in [2.05, 4.69) is 20.5 Å². The fraction of sp³-hybridized carbons (Fsp3) is 0.100. The Hall–Kier alpha value is -1.59. The van der Waals surface area contributed by atoms with Crippen LogP contribution < -0.4 is 5.32 Å². The number of nitrogens with zero attached hydrogens (tertiary/aromatic N) is 2. The number of carbonyl (C=O) groups is 1. The van der Waals surface area contributed by atoms with Gasteiger partial charge in [0.05, 0.1) is 22.8 Å². The van der Waals surface area contributed by atoms with E-state index in [0.29, 0.717) is 12.1 Å². The average Bonchev–Trinajstić information content (AvgIpc) is 2.82.